The zero-order chi connectivity index (χ0) is 14.4. The van der Waals surface area contributed by atoms with Crippen molar-refractivity contribution in [3.63, 3.8) is 0 Å². The second-order valence-corrected chi connectivity index (χ2v) is 4.77. The monoisotopic (exact) mass is 304 g/mol. The molecule has 0 aliphatic carbocycles. The highest BCUT2D eigenvalue weighted by Gasteiger charge is 2.17. The van der Waals surface area contributed by atoms with Crippen LogP contribution in [-0.4, -0.2) is 24.5 Å². The van der Waals surface area contributed by atoms with E-state index in [1.54, 1.807) is 19.1 Å². The Hall–Kier alpha value is -1.30. The fraction of sp³-hybridized carbons (Fsp3) is 0.333. The fourth-order valence-corrected chi connectivity index (χ4v) is 1.83. The second-order valence-electron chi connectivity index (χ2n) is 3.95. The summed E-state index contributed by atoms with van der Waals surface area (Å²) >= 11 is 11.6. The summed E-state index contributed by atoms with van der Waals surface area (Å²) < 4.78 is 0. The Balaban J connectivity index is 2.63. The number of nitrogens with one attached hydrogen (secondary N) is 1. The highest BCUT2D eigenvalue weighted by molar-refractivity contribution is 6.42. The quantitative estimate of drug-likeness (QED) is 0.777. The van der Waals surface area contributed by atoms with Crippen molar-refractivity contribution in [2.24, 2.45) is 0 Å². The predicted molar refractivity (Wildman–Crippen MR) is 71.0 cm³/mol. The molecule has 19 heavy (non-hydrogen) atoms. The molecule has 0 saturated carbocycles. The van der Waals surface area contributed by atoms with Gasteiger partial charge >= 0.3 is 0 Å². The number of carbonyl (C=O) groups excluding carboxylic acids is 2. The maximum atomic E-state index is 11.7. The number of likely N-dealkylation sites (N-methyl/N-ethyl adjacent to an activating group) is 1. The molecule has 0 aliphatic heterocycles. The molecule has 0 spiro atoms. The van der Waals surface area contributed by atoms with Gasteiger partial charge in [0.2, 0.25) is 5.91 Å². The lowest BCUT2D eigenvalue weighted by molar-refractivity contribution is -0.679. The van der Waals surface area contributed by atoms with Crippen molar-refractivity contribution in [1.82, 2.24) is 0 Å². The summed E-state index contributed by atoms with van der Waals surface area (Å²) in [7, 11) is 0. The van der Waals surface area contributed by atoms with E-state index in [4.69, 9.17) is 23.2 Å². The first-order valence-electron chi connectivity index (χ1n) is 5.73. The molecule has 0 bridgehead atoms. The molecule has 1 aromatic carbocycles. The van der Waals surface area contributed by atoms with Crippen molar-refractivity contribution in [2.75, 3.05) is 11.9 Å². The minimum atomic E-state index is -1.26. The summed E-state index contributed by atoms with van der Waals surface area (Å²) in [5, 5.41) is 15.6. The molecule has 1 aromatic rings. The van der Waals surface area contributed by atoms with Gasteiger partial charge in [0.15, 0.2) is 0 Å². The predicted octanol–water partition coefficient (Wildman–Crippen LogP) is 0.0238. The molecule has 1 atom stereocenters. The van der Waals surface area contributed by atoms with Gasteiger partial charge in [-0.05, 0) is 25.1 Å². The summed E-state index contributed by atoms with van der Waals surface area (Å²) in [4.78, 5) is 22.5. The van der Waals surface area contributed by atoms with Crippen LogP contribution in [0.15, 0.2) is 18.2 Å². The van der Waals surface area contributed by atoms with E-state index in [0.29, 0.717) is 22.3 Å². The first-order chi connectivity index (χ1) is 8.93. The van der Waals surface area contributed by atoms with Gasteiger partial charge in [-0.25, -0.2) is 0 Å². The molecule has 1 rings (SSSR count). The number of aliphatic carboxylic acids is 1. The number of anilines is 1. The van der Waals surface area contributed by atoms with E-state index in [9.17, 15) is 14.7 Å². The molecule has 5 nitrogen and oxygen atoms in total. The number of rotatable bonds is 6. The van der Waals surface area contributed by atoms with Crippen molar-refractivity contribution >= 4 is 40.8 Å². The van der Waals surface area contributed by atoms with Gasteiger partial charge in [-0.2, -0.15) is 0 Å². The summed E-state index contributed by atoms with van der Waals surface area (Å²) in [6.07, 6.45) is -0.170. The lowest BCUT2D eigenvalue weighted by Gasteiger charge is -2.15. The van der Waals surface area contributed by atoms with E-state index in [2.05, 4.69) is 5.32 Å². The molecule has 104 valence electrons. The van der Waals surface area contributed by atoms with Gasteiger partial charge in [0, 0.05) is 5.69 Å². The largest absolute Gasteiger partial charge is 0.544 e. The van der Waals surface area contributed by atoms with Gasteiger partial charge < -0.3 is 20.5 Å². The van der Waals surface area contributed by atoms with Crippen molar-refractivity contribution in [3.8, 4) is 0 Å². The number of carboxylic acids is 1. The van der Waals surface area contributed by atoms with Crippen LogP contribution in [0.25, 0.3) is 0 Å². The maximum absolute atomic E-state index is 11.7. The third kappa shape index (κ3) is 5.06. The van der Waals surface area contributed by atoms with Crippen LogP contribution in [0, 0.1) is 0 Å². The van der Waals surface area contributed by atoms with Crippen molar-refractivity contribution in [1.29, 1.82) is 0 Å². The maximum Gasteiger partial charge on any atom is 0.230 e. The number of carboxylic acid groups (broad SMARTS) is 1. The molecular weight excluding hydrogens is 291 g/mol. The molecule has 0 unspecified atom stereocenters. The van der Waals surface area contributed by atoms with Gasteiger partial charge in [-0.15, -0.1) is 0 Å². The molecule has 0 fully saturated rings. The average molecular weight is 305 g/mol. The Morgan fingerprint density at radius 1 is 1.37 bits per heavy atom. The second kappa shape index (κ2) is 7.33. The average Bonchev–Trinajstić information content (AvgIpc) is 2.33. The SMILES string of the molecule is CC[NH2+][C@H](CC(=O)Nc1ccc(Cl)c(Cl)c1)C(=O)[O-]. The van der Waals surface area contributed by atoms with Crippen molar-refractivity contribution in [2.45, 2.75) is 19.4 Å². The molecule has 0 heterocycles. The summed E-state index contributed by atoms with van der Waals surface area (Å²) in [5.74, 6) is -1.68. The number of hydrogen-bond donors (Lipinski definition) is 2. The first-order valence-corrected chi connectivity index (χ1v) is 6.48. The number of carbonyl (C=O) groups is 2. The standard InChI is InChI=1S/C12H14Cl2N2O3/c1-2-15-10(12(18)19)6-11(17)16-7-3-4-8(13)9(14)5-7/h3-5,10,15H,2,6H2,1H3,(H,16,17)(H,18,19)/t10-/m1/s1. The third-order valence-electron chi connectivity index (χ3n) is 2.43. The molecule has 1 amide bonds. The lowest BCUT2D eigenvalue weighted by atomic mass is 10.2. The highest BCUT2D eigenvalue weighted by atomic mass is 35.5. The van der Waals surface area contributed by atoms with Gasteiger partial charge in [0.1, 0.15) is 6.04 Å². The van der Waals surface area contributed by atoms with Crippen LogP contribution in [0.2, 0.25) is 10.0 Å². The molecule has 0 aliphatic rings. The van der Waals surface area contributed by atoms with Crippen molar-refractivity contribution in [3.05, 3.63) is 28.2 Å². The number of benzene rings is 1. The number of halogens is 2. The highest BCUT2D eigenvalue weighted by Crippen LogP contribution is 2.24. The van der Waals surface area contributed by atoms with Crippen LogP contribution >= 0.6 is 23.2 Å². The Kier molecular flexibility index (Phi) is 6.08. The fourth-order valence-electron chi connectivity index (χ4n) is 1.53. The zero-order valence-electron chi connectivity index (χ0n) is 10.3. The van der Waals surface area contributed by atoms with E-state index < -0.39 is 17.9 Å². The normalized spacial score (nSPS) is 11.9. The van der Waals surface area contributed by atoms with E-state index >= 15 is 0 Å². The zero-order valence-corrected chi connectivity index (χ0v) is 11.8. The minimum absolute atomic E-state index is 0.170. The molecule has 7 heteroatoms. The van der Waals surface area contributed by atoms with E-state index in [1.807, 2.05) is 0 Å². The topological polar surface area (TPSA) is 85.8 Å². The lowest BCUT2D eigenvalue weighted by Crippen LogP contribution is -2.93. The van der Waals surface area contributed by atoms with Gasteiger partial charge in [-0.3, -0.25) is 4.79 Å². The van der Waals surface area contributed by atoms with Crippen molar-refractivity contribution < 1.29 is 20.0 Å². The van der Waals surface area contributed by atoms with Gasteiger partial charge in [0.25, 0.3) is 0 Å². The number of quaternary nitrogens is 1. The van der Waals surface area contributed by atoms with Crippen LogP contribution in [0.5, 0.6) is 0 Å². The Morgan fingerprint density at radius 2 is 2.05 bits per heavy atom. The summed E-state index contributed by atoms with van der Waals surface area (Å²) in [5.41, 5.74) is 0.466. The smallest absolute Gasteiger partial charge is 0.230 e. The molecule has 3 N–H and O–H groups in total. The Bertz CT molecular complexity index is 480. The Labute approximate surface area is 120 Å². The van der Waals surface area contributed by atoms with Crippen LogP contribution in [0.1, 0.15) is 13.3 Å². The molecule has 0 radical (unpaired) electrons. The Morgan fingerprint density at radius 3 is 2.58 bits per heavy atom. The summed E-state index contributed by atoms with van der Waals surface area (Å²) in [6.45, 7) is 2.35. The van der Waals surface area contributed by atoms with E-state index in [1.165, 1.54) is 11.4 Å². The van der Waals surface area contributed by atoms with Crippen LogP contribution < -0.4 is 15.7 Å². The molecule has 0 saturated heterocycles. The van der Waals surface area contributed by atoms with Gasteiger partial charge in [0.05, 0.1) is 29.0 Å². The molecule has 0 aromatic heterocycles. The number of amides is 1. The van der Waals surface area contributed by atoms with Crippen LogP contribution in [0.4, 0.5) is 5.69 Å². The first kappa shape index (κ1) is 15.8. The van der Waals surface area contributed by atoms with Crippen LogP contribution in [-0.2, 0) is 9.59 Å². The third-order valence-corrected chi connectivity index (χ3v) is 3.17. The minimum Gasteiger partial charge on any atom is -0.544 e. The van der Waals surface area contributed by atoms with E-state index in [0.717, 1.165) is 0 Å². The summed E-state index contributed by atoms with van der Waals surface area (Å²) in [6, 6.07) is 3.74. The molecular formula is C12H14Cl2N2O3. The van der Waals surface area contributed by atoms with Crippen LogP contribution in [0.3, 0.4) is 0 Å². The number of nitrogens with two attached hydrogens (primary N) is 1. The van der Waals surface area contributed by atoms with Gasteiger partial charge in [-0.1, -0.05) is 23.2 Å². The number of hydrogen-bond acceptors (Lipinski definition) is 3. The van der Waals surface area contributed by atoms with E-state index in [-0.39, 0.29) is 6.42 Å².